The molecule has 0 spiro atoms. The molecule has 0 saturated carbocycles. The summed E-state index contributed by atoms with van der Waals surface area (Å²) in [7, 11) is 1.49. The number of alkyl halides is 2. The van der Waals surface area contributed by atoms with Crippen molar-refractivity contribution in [3.63, 3.8) is 0 Å². The third-order valence-electron chi connectivity index (χ3n) is 5.98. The van der Waals surface area contributed by atoms with Crippen LogP contribution in [0.5, 0.6) is 0 Å². The van der Waals surface area contributed by atoms with Gasteiger partial charge in [-0.3, -0.25) is 4.68 Å². The Morgan fingerprint density at radius 1 is 1.15 bits per heavy atom. The van der Waals surface area contributed by atoms with Crippen LogP contribution >= 0.6 is 11.6 Å². The van der Waals surface area contributed by atoms with E-state index in [9.17, 15) is 18.4 Å². The summed E-state index contributed by atoms with van der Waals surface area (Å²) in [6, 6.07) is 4.87. The summed E-state index contributed by atoms with van der Waals surface area (Å²) in [5.41, 5.74) is 0.920. The molecule has 0 amide bonds. The quantitative estimate of drug-likeness (QED) is 0.144. The number of aromatic nitrogens is 7. The van der Waals surface area contributed by atoms with Crippen molar-refractivity contribution in [1.82, 2.24) is 29.8 Å². The number of hydrogen-bond acceptors (Lipinski definition) is 7. The first-order chi connectivity index (χ1) is 18.7. The first kappa shape index (κ1) is 26.3. The Hall–Kier alpha value is -4.30. The van der Waals surface area contributed by atoms with Crippen molar-refractivity contribution in [2.24, 2.45) is 7.05 Å². The maximum absolute atomic E-state index is 15.2. The zero-order valence-electron chi connectivity index (χ0n) is 20.0. The van der Waals surface area contributed by atoms with E-state index in [2.05, 4.69) is 25.1 Å². The fourth-order valence-electron chi connectivity index (χ4n) is 4.24. The number of pyridine rings is 1. The molecule has 4 aromatic heterocycles. The molecule has 0 aliphatic carbocycles. The van der Waals surface area contributed by atoms with Gasteiger partial charge in [0, 0.05) is 42.4 Å². The largest absolute Gasteiger partial charge is 0.618 e. The van der Waals surface area contributed by atoms with Crippen molar-refractivity contribution in [2.45, 2.75) is 19.1 Å². The van der Waals surface area contributed by atoms with Gasteiger partial charge in [0.2, 0.25) is 5.69 Å². The Morgan fingerprint density at radius 2 is 1.97 bits per heavy atom. The molecule has 10 nitrogen and oxygen atoms in total. The zero-order valence-corrected chi connectivity index (χ0v) is 20.8. The number of hydrogen-bond donors (Lipinski definition) is 0. The lowest BCUT2D eigenvalue weighted by molar-refractivity contribution is -0.615. The summed E-state index contributed by atoms with van der Waals surface area (Å²) in [6.45, 7) is -3.44. The molecule has 15 heteroatoms. The monoisotopic (exact) mass is 563 g/mol. The normalized spacial score (nSPS) is 12.4. The number of halogens is 5. The van der Waals surface area contributed by atoms with Gasteiger partial charge in [-0.1, -0.05) is 21.9 Å². The molecule has 0 fully saturated rings. The number of rotatable bonds is 9. The first-order valence-corrected chi connectivity index (χ1v) is 11.7. The number of oxazole rings is 1. The molecule has 5 aromatic rings. The Balaban J connectivity index is 1.55. The van der Waals surface area contributed by atoms with Crippen LogP contribution in [0.4, 0.5) is 17.6 Å². The molecule has 0 unspecified atom stereocenters. The van der Waals surface area contributed by atoms with E-state index in [0.717, 1.165) is 6.20 Å². The smallest absolute Gasteiger partial charge is 0.345 e. The predicted molar refractivity (Wildman–Crippen MR) is 128 cm³/mol. The Labute approximate surface area is 222 Å². The molecule has 0 radical (unpaired) electrons. The van der Waals surface area contributed by atoms with Gasteiger partial charge in [0.15, 0.2) is 24.2 Å². The van der Waals surface area contributed by atoms with E-state index in [0.29, 0.717) is 15.9 Å². The van der Waals surface area contributed by atoms with Gasteiger partial charge in [0.25, 0.3) is 5.95 Å². The maximum atomic E-state index is 15.2. The van der Waals surface area contributed by atoms with Gasteiger partial charge in [-0.15, -0.1) is 0 Å². The topological polar surface area (TPSA) is 111 Å². The van der Waals surface area contributed by atoms with Crippen LogP contribution in [0.25, 0.3) is 33.7 Å². The molecule has 39 heavy (non-hydrogen) atoms. The summed E-state index contributed by atoms with van der Waals surface area (Å²) in [6.07, 6.45) is 6.37. The lowest BCUT2D eigenvalue weighted by atomic mass is 9.98. The number of nitrogens with zero attached hydrogens (tertiary/aromatic N) is 7. The lowest BCUT2D eigenvalue weighted by Crippen LogP contribution is -2.36. The minimum atomic E-state index is -3.02. The Kier molecular flexibility index (Phi) is 7.30. The van der Waals surface area contributed by atoms with Crippen LogP contribution in [-0.2, 0) is 11.8 Å². The van der Waals surface area contributed by atoms with Gasteiger partial charge < -0.3 is 14.4 Å². The highest BCUT2D eigenvalue weighted by Gasteiger charge is 2.27. The van der Waals surface area contributed by atoms with E-state index in [4.69, 9.17) is 16.0 Å². The van der Waals surface area contributed by atoms with Gasteiger partial charge in [-0.2, -0.15) is 23.0 Å². The van der Waals surface area contributed by atoms with E-state index < -0.39 is 31.0 Å². The lowest BCUT2D eigenvalue weighted by Gasteiger charge is -2.18. The highest BCUT2D eigenvalue weighted by atomic mass is 35.5. The van der Waals surface area contributed by atoms with Crippen LogP contribution in [0, 0.1) is 17.0 Å². The molecule has 0 aliphatic heterocycles. The van der Waals surface area contributed by atoms with E-state index >= 15 is 4.39 Å². The molecule has 0 saturated heterocycles. The van der Waals surface area contributed by atoms with Gasteiger partial charge in [0.05, 0.1) is 29.6 Å². The van der Waals surface area contributed by atoms with Crippen molar-refractivity contribution in [2.75, 3.05) is 6.61 Å². The molecular formula is C24H18ClF4N7O3. The van der Waals surface area contributed by atoms with Gasteiger partial charge >= 0.3 is 6.61 Å². The van der Waals surface area contributed by atoms with Crippen LogP contribution < -0.4 is 4.73 Å². The Bertz CT molecular complexity index is 1590. The summed E-state index contributed by atoms with van der Waals surface area (Å²) >= 11 is 6.02. The molecule has 1 aromatic carbocycles. The summed E-state index contributed by atoms with van der Waals surface area (Å²) < 4.78 is 67.4. The van der Waals surface area contributed by atoms with E-state index in [1.807, 2.05) is 0 Å². The average Bonchev–Trinajstić information content (AvgIpc) is 3.66. The molecule has 202 valence electrons. The van der Waals surface area contributed by atoms with E-state index in [1.165, 1.54) is 65.7 Å². The fourth-order valence-corrected chi connectivity index (χ4v) is 4.40. The van der Waals surface area contributed by atoms with Crippen LogP contribution in [0.3, 0.4) is 0 Å². The van der Waals surface area contributed by atoms with E-state index in [-0.39, 0.29) is 39.7 Å². The highest BCUT2D eigenvalue weighted by molar-refractivity contribution is 6.31. The molecule has 0 N–H and O–H groups in total. The second-order valence-corrected chi connectivity index (χ2v) is 8.72. The van der Waals surface area contributed by atoms with Crippen molar-refractivity contribution in [3.05, 3.63) is 83.1 Å². The predicted octanol–water partition coefficient (Wildman–Crippen LogP) is 4.78. The fraction of sp³-hybridized carbons (Fsp3) is 0.208. The van der Waals surface area contributed by atoms with Crippen molar-refractivity contribution < 1.29 is 31.4 Å². The molecule has 0 bridgehead atoms. The summed E-state index contributed by atoms with van der Waals surface area (Å²) in [5, 5.41) is 24.3. The SMILES string of the molecule is Cn1nnc(F)c1-c1cnn([C@@H](CCOC(F)F)c2ccc(-c3c(-c4cnco4)ccc(Cl)c3F)c[n+]2[O-])c1. The summed E-state index contributed by atoms with van der Waals surface area (Å²) in [4.78, 5) is 3.85. The molecule has 5 rings (SSSR count). The van der Waals surface area contributed by atoms with Crippen LogP contribution in [-0.4, -0.2) is 43.0 Å². The minimum Gasteiger partial charge on any atom is -0.618 e. The Morgan fingerprint density at radius 3 is 2.64 bits per heavy atom. The molecular weight excluding hydrogens is 546 g/mol. The maximum Gasteiger partial charge on any atom is 0.345 e. The minimum absolute atomic E-state index is 0.00791. The van der Waals surface area contributed by atoms with Crippen molar-refractivity contribution >= 4 is 11.6 Å². The standard InChI is InChI=1S/C24H18ClF4N7O3/c1-34-22(23(27)32-33-34)14-8-31-35(10-14)17(6-7-38-24(28)29)18-5-2-13(11-36(18)37)20-15(19-9-30-12-39-19)3-4-16(25)21(20)26/h2-5,8-12,17,24H,6-7H2,1H3/t17-/m0/s1. The average molecular weight is 564 g/mol. The third-order valence-corrected chi connectivity index (χ3v) is 6.27. The number of benzene rings is 1. The van der Waals surface area contributed by atoms with Gasteiger partial charge in [0.1, 0.15) is 11.7 Å². The van der Waals surface area contributed by atoms with Crippen molar-refractivity contribution in [3.8, 4) is 33.7 Å². The van der Waals surface area contributed by atoms with Crippen LogP contribution in [0.2, 0.25) is 5.02 Å². The number of aryl methyl sites for hydroxylation is 1. The van der Waals surface area contributed by atoms with Gasteiger partial charge in [-0.05, 0) is 18.2 Å². The van der Waals surface area contributed by atoms with Crippen LogP contribution in [0.1, 0.15) is 18.2 Å². The molecule has 0 aliphatic rings. The highest BCUT2D eigenvalue weighted by Crippen LogP contribution is 2.37. The van der Waals surface area contributed by atoms with Gasteiger partial charge in [-0.25, -0.2) is 14.1 Å². The zero-order chi connectivity index (χ0) is 27.7. The third kappa shape index (κ3) is 5.20. The van der Waals surface area contributed by atoms with E-state index in [1.54, 1.807) is 0 Å². The van der Waals surface area contributed by atoms with Crippen molar-refractivity contribution in [1.29, 1.82) is 0 Å². The number of ether oxygens (including phenoxy) is 1. The van der Waals surface area contributed by atoms with Crippen LogP contribution in [0.15, 0.2) is 59.9 Å². The summed E-state index contributed by atoms with van der Waals surface area (Å²) in [5.74, 6) is -1.35. The second-order valence-electron chi connectivity index (χ2n) is 8.32. The second kappa shape index (κ2) is 10.8. The molecule has 1 atom stereocenters. The first-order valence-electron chi connectivity index (χ1n) is 11.3. The molecule has 4 heterocycles.